The number of pyridine rings is 1. The number of ether oxygens (including phenoxy) is 2. The Bertz CT molecular complexity index is 1100. The molecule has 1 aliphatic rings. The highest BCUT2D eigenvalue weighted by Gasteiger charge is 2.23. The lowest BCUT2D eigenvalue weighted by atomic mass is 10.1. The van der Waals surface area contributed by atoms with Crippen molar-refractivity contribution >= 4 is 28.7 Å². The number of rotatable bonds is 4. The molecule has 0 saturated carbocycles. The molecule has 0 unspecified atom stereocenters. The molecule has 1 aromatic carbocycles. The standard InChI is InChI=1S/C18H10N4O4S/c19-8-13(18-21-14(9-27-18)11-1-3-20-4-2-11)5-12-6-16-17(26-10-25-16)7-15(12)22(23)24/h1-7,9H,10H2/b13-5-. The van der Waals surface area contributed by atoms with E-state index in [0.717, 1.165) is 5.56 Å². The third-order valence-corrected chi connectivity index (χ3v) is 4.73. The van der Waals surface area contributed by atoms with Crippen molar-refractivity contribution in [1.29, 1.82) is 5.26 Å². The Labute approximate surface area is 157 Å². The van der Waals surface area contributed by atoms with Crippen LogP contribution in [0.4, 0.5) is 5.69 Å². The monoisotopic (exact) mass is 378 g/mol. The Morgan fingerprint density at radius 1 is 1.30 bits per heavy atom. The number of fused-ring (bicyclic) bond motifs is 1. The minimum absolute atomic E-state index is 0.00648. The number of thiazole rings is 1. The summed E-state index contributed by atoms with van der Waals surface area (Å²) in [5.41, 5.74) is 1.89. The topological polar surface area (TPSA) is 111 Å². The van der Waals surface area contributed by atoms with Crippen molar-refractivity contribution in [3.05, 3.63) is 62.7 Å². The van der Waals surface area contributed by atoms with E-state index in [4.69, 9.17) is 9.47 Å². The van der Waals surface area contributed by atoms with Gasteiger partial charge in [-0.25, -0.2) is 4.98 Å². The molecule has 132 valence electrons. The van der Waals surface area contributed by atoms with Crippen LogP contribution in [0.2, 0.25) is 0 Å². The second-order valence-corrected chi connectivity index (χ2v) is 6.32. The van der Waals surface area contributed by atoms with Gasteiger partial charge in [0.25, 0.3) is 5.69 Å². The number of nitro groups is 1. The van der Waals surface area contributed by atoms with Crippen molar-refractivity contribution in [2.45, 2.75) is 0 Å². The van der Waals surface area contributed by atoms with Crippen LogP contribution in [0, 0.1) is 21.4 Å². The van der Waals surface area contributed by atoms with E-state index >= 15 is 0 Å². The summed E-state index contributed by atoms with van der Waals surface area (Å²) >= 11 is 1.29. The Balaban J connectivity index is 1.76. The van der Waals surface area contributed by atoms with Gasteiger partial charge in [0, 0.05) is 23.3 Å². The van der Waals surface area contributed by atoms with E-state index < -0.39 is 4.92 Å². The summed E-state index contributed by atoms with van der Waals surface area (Å²) in [6.07, 6.45) is 4.76. The SMILES string of the molecule is N#C/C(=C/c1cc2c(cc1[N+](=O)[O-])OCO2)c1nc(-c2ccncc2)cs1. The molecule has 3 heterocycles. The average Bonchev–Trinajstić information content (AvgIpc) is 3.35. The van der Waals surface area contributed by atoms with E-state index in [1.165, 1.54) is 29.5 Å². The summed E-state index contributed by atoms with van der Waals surface area (Å²) in [6, 6.07) is 8.50. The molecule has 2 aromatic heterocycles. The average molecular weight is 378 g/mol. The number of nitro benzene ring substituents is 1. The summed E-state index contributed by atoms with van der Waals surface area (Å²) in [5.74, 6) is 0.715. The van der Waals surface area contributed by atoms with Crippen molar-refractivity contribution < 1.29 is 14.4 Å². The summed E-state index contributed by atoms with van der Waals surface area (Å²) in [4.78, 5) is 19.3. The van der Waals surface area contributed by atoms with Crippen LogP contribution < -0.4 is 9.47 Å². The highest BCUT2D eigenvalue weighted by molar-refractivity contribution is 7.11. The zero-order valence-electron chi connectivity index (χ0n) is 13.7. The fraction of sp³-hybridized carbons (Fsp3) is 0.0556. The molecule has 0 fully saturated rings. The van der Waals surface area contributed by atoms with E-state index in [2.05, 4.69) is 16.0 Å². The number of nitriles is 1. The van der Waals surface area contributed by atoms with Gasteiger partial charge in [0.15, 0.2) is 11.5 Å². The summed E-state index contributed by atoms with van der Waals surface area (Å²) < 4.78 is 10.5. The lowest BCUT2D eigenvalue weighted by Gasteiger charge is -2.02. The molecule has 0 radical (unpaired) electrons. The van der Waals surface area contributed by atoms with Crippen molar-refractivity contribution in [3.8, 4) is 28.8 Å². The van der Waals surface area contributed by atoms with E-state index in [9.17, 15) is 15.4 Å². The second kappa shape index (κ2) is 6.86. The van der Waals surface area contributed by atoms with Gasteiger partial charge in [-0.1, -0.05) is 0 Å². The van der Waals surface area contributed by atoms with Crippen LogP contribution in [0.1, 0.15) is 10.6 Å². The lowest BCUT2D eigenvalue weighted by Crippen LogP contribution is -1.93. The molecule has 27 heavy (non-hydrogen) atoms. The normalized spacial score (nSPS) is 12.6. The maximum atomic E-state index is 11.4. The van der Waals surface area contributed by atoms with Gasteiger partial charge in [-0.15, -0.1) is 11.3 Å². The number of aromatic nitrogens is 2. The molecule has 3 aromatic rings. The van der Waals surface area contributed by atoms with Crippen molar-refractivity contribution in [1.82, 2.24) is 9.97 Å². The molecule has 0 amide bonds. The maximum absolute atomic E-state index is 11.4. The Hall–Kier alpha value is -3.77. The number of hydrogen-bond acceptors (Lipinski definition) is 8. The van der Waals surface area contributed by atoms with Gasteiger partial charge < -0.3 is 9.47 Å². The van der Waals surface area contributed by atoms with Crippen molar-refractivity contribution in [2.24, 2.45) is 0 Å². The third-order valence-electron chi connectivity index (χ3n) is 3.85. The maximum Gasteiger partial charge on any atom is 0.280 e. The molecule has 0 saturated heterocycles. The van der Waals surface area contributed by atoms with Crippen LogP contribution >= 0.6 is 11.3 Å². The first kappa shape index (κ1) is 16.7. The minimum Gasteiger partial charge on any atom is -0.454 e. The second-order valence-electron chi connectivity index (χ2n) is 5.46. The van der Waals surface area contributed by atoms with Gasteiger partial charge in [0.05, 0.1) is 27.8 Å². The van der Waals surface area contributed by atoms with Gasteiger partial charge in [-0.2, -0.15) is 5.26 Å². The number of nitrogens with zero attached hydrogens (tertiary/aromatic N) is 4. The fourth-order valence-electron chi connectivity index (χ4n) is 2.57. The van der Waals surface area contributed by atoms with Crippen molar-refractivity contribution in [2.75, 3.05) is 6.79 Å². The molecule has 9 heteroatoms. The number of hydrogen-bond donors (Lipinski definition) is 0. The van der Waals surface area contributed by atoms with Crippen LogP contribution in [0.5, 0.6) is 11.5 Å². The lowest BCUT2D eigenvalue weighted by molar-refractivity contribution is -0.385. The Kier molecular flexibility index (Phi) is 4.24. The quantitative estimate of drug-likeness (QED) is 0.384. The van der Waals surface area contributed by atoms with Crippen LogP contribution in [0.3, 0.4) is 0 Å². The van der Waals surface area contributed by atoms with Crippen LogP contribution in [-0.4, -0.2) is 21.7 Å². The third kappa shape index (κ3) is 3.21. The molecule has 0 spiro atoms. The van der Waals surface area contributed by atoms with Gasteiger partial charge in [-0.3, -0.25) is 15.1 Å². The van der Waals surface area contributed by atoms with Crippen molar-refractivity contribution in [3.63, 3.8) is 0 Å². The summed E-state index contributed by atoms with van der Waals surface area (Å²) in [7, 11) is 0. The Morgan fingerprint density at radius 3 is 2.74 bits per heavy atom. The molecule has 0 atom stereocenters. The summed E-state index contributed by atoms with van der Waals surface area (Å²) in [6.45, 7) is 0.00648. The molecule has 8 nitrogen and oxygen atoms in total. The highest BCUT2D eigenvalue weighted by atomic mass is 32.1. The molecule has 1 aliphatic heterocycles. The number of benzene rings is 1. The Morgan fingerprint density at radius 2 is 2.04 bits per heavy atom. The molecule has 0 N–H and O–H groups in total. The highest BCUT2D eigenvalue weighted by Crippen LogP contribution is 2.39. The minimum atomic E-state index is -0.521. The first-order valence-corrected chi connectivity index (χ1v) is 8.60. The number of allylic oxidation sites excluding steroid dienone is 1. The molecule has 4 rings (SSSR count). The van der Waals surface area contributed by atoms with E-state index in [0.29, 0.717) is 22.2 Å². The zero-order valence-corrected chi connectivity index (χ0v) is 14.5. The largest absolute Gasteiger partial charge is 0.454 e. The van der Waals surface area contributed by atoms with Crippen LogP contribution in [0.15, 0.2) is 42.0 Å². The van der Waals surface area contributed by atoms with E-state index in [-0.39, 0.29) is 23.6 Å². The van der Waals surface area contributed by atoms with E-state index in [1.54, 1.807) is 12.4 Å². The van der Waals surface area contributed by atoms with Gasteiger partial charge in [0.1, 0.15) is 11.1 Å². The summed E-state index contributed by atoms with van der Waals surface area (Å²) in [5, 5.41) is 23.2. The van der Waals surface area contributed by atoms with Crippen LogP contribution in [-0.2, 0) is 0 Å². The first-order chi connectivity index (χ1) is 13.2. The smallest absolute Gasteiger partial charge is 0.280 e. The predicted molar refractivity (Wildman–Crippen MR) is 98.0 cm³/mol. The van der Waals surface area contributed by atoms with Gasteiger partial charge in [-0.05, 0) is 24.3 Å². The first-order valence-electron chi connectivity index (χ1n) is 7.72. The van der Waals surface area contributed by atoms with E-state index in [1.807, 2.05) is 17.5 Å². The fourth-order valence-corrected chi connectivity index (χ4v) is 3.37. The predicted octanol–water partition coefficient (Wildman–Crippen LogP) is 3.91. The molecular weight excluding hydrogens is 368 g/mol. The van der Waals surface area contributed by atoms with Gasteiger partial charge >= 0.3 is 0 Å². The molecule has 0 aliphatic carbocycles. The molecule has 0 bridgehead atoms. The van der Waals surface area contributed by atoms with Crippen LogP contribution in [0.25, 0.3) is 22.9 Å². The zero-order chi connectivity index (χ0) is 18.8. The van der Waals surface area contributed by atoms with Gasteiger partial charge in [0.2, 0.25) is 6.79 Å². The molecular formula is C18H10N4O4S.